The second kappa shape index (κ2) is 12.4. The molecule has 0 saturated carbocycles. The molecule has 4 aromatic carbocycles. The Bertz CT molecular complexity index is 2040. The van der Waals surface area contributed by atoms with Crippen molar-refractivity contribution < 1.29 is 33.5 Å². The minimum Gasteiger partial charge on any atom is -0.493 e. The molecule has 2 N–H and O–H groups in total. The first-order valence-corrected chi connectivity index (χ1v) is 15.2. The number of methoxy groups -OCH3 is 3. The number of amides is 2. The van der Waals surface area contributed by atoms with Crippen LogP contribution in [0.15, 0.2) is 66.7 Å². The highest BCUT2D eigenvalue weighted by Gasteiger charge is 2.48. The van der Waals surface area contributed by atoms with Gasteiger partial charge < -0.3 is 28.8 Å². The molecule has 1 aliphatic rings. The summed E-state index contributed by atoms with van der Waals surface area (Å²) in [5.74, 6) is 0.840. The molecule has 47 heavy (non-hydrogen) atoms. The van der Waals surface area contributed by atoms with Gasteiger partial charge in [-0.25, -0.2) is 4.79 Å². The lowest BCUT2D eigenvalue weighted by Crippen LogP contribution is -2.39. The zero-order chi connectivity index (χ0) is 33.5. The molecule has 13 heteroatoms. The number of nitro groups is 1. The van der Waals surface area contributed by atoms with E-state index in [2.05, 4.69) is 10.3 Å². The van der Waals surface area contributed by atoms with E-state index >= 15 is 0 Å². The number of anilines is 2. The molecular formula is C34H31ClN4O8. The smallest absolute Gasteiger partial charge is 0.411 e. The first kappa shape index (κ1) is 31.5. The highest BCUT2D eigenvalue weighted by Crippen LogP contribution is 2.52. The third-order valence-electron chi connectivity index (χ3n) is 8.49. The average Bonchev–Trinajstić information content (AvgIpc) is 3.67. The molecule has 0 saturated heterocycles. The summed E-state index contributed by atoms with van der Waals surface area (Å²) in [6.45, 7) is 1.99. The molecule has 5 aromatic rings. The Hall–Kier alpha value is -5.49. The number of aromatic nitrogens is 1. The fraction of sp³-hybridized carbons (Fsp3) is 0.235. The van der Waals surface area contributed by atoms with Gasteiger partial charge in [0.05, 0.1) is 55.2 Å². The number of alkyl halides is 1. The van der Waals surface area contributed by atoms with Gasteiger partial charge in [-0.15, -0.1) is 11.6 Å². The van der Waals surface area contributed by atoms with E-state index in [1.165, 1.54) is 33.5 Å². The molecule has 1 atom stereocenters. The maximum absolute atomic E-state index is 14.6. The Kier molecular flexibility index (Phi) is 8.29. The summed E-state index contributed by atoms with van der Waals surface area (Å²) in [5, 5.41) is 16.4. The number of halogens is 1. The number of carbonyl (C=O) groups is 2. The van der Waals surface area contributed by atoms with E-state index < -0.39 is 16.4 Å². The molecule has 0 fully saturated rings. The summed E-state index contributed by atoms with van der Waals surface area (Å²) in [4.78, 5) is 43.0. The molecule has 2 heterocycles. The van der Waals surface area contributed by atoms with E-state index in [-0.39, 0.29) is 36.3 Å². The van der Waals surface area contributed by atoms with Crippen LogP contribution in [0, 0.1) is 10.1 Å². The number of nitro benzene ring substituents is 1. The maximum Gasteiger partial charge on any atom is 0.411 e. The highest BCUT2D eigenvalue weighted by atomic mass is 35.5. The van der Waals surface area contributed by atoms with Gasteiger partial charge in [0.2, 0.25) is 5.75 Å². The number of H-pyrrole nitrogens is 1. The number of benzene rings is 4. The van der Waals surface area contributed by atoms with Crippen molar-refractivity contribution in [3.05, 3.63) is 93.7 Å². The number of nitrogens with one attached hydrogen (secondary N) is 2. The van der Waals surface area contributed by atoms with Crippen LogP contribution in [-0.4, -0.2) is 62.3 Å². The molecule has 0 radical (unpaired) electrons. The fourth-order valence-corrected chi connectivity index (χ4v) is 6.77. The second-order valence-electron chi connectivity index (χ2n) is 10.9. The molecule has 2 amide bonds. The standard InChI is InChI=1S/C34H31ClN4O8/c1-5-47-33(41)37-24-16-26-28(23-9-7-6-8-22(23)24)34(17-35,20-10-12-21(13-11-20)39(42)43)18-38(26)32(40)25-14-19-15-27(44-2)30(45-3)31(46-4)29(19)36-25/h6-16,36H,5,17-18H2,1-4H3,(H,37,41). The Morgan fingerprint density at radius 2 is 1.70 bits per heavy atom. The number of ether oxygens (including phenoxy) is 4. The van der Waals surface area contributed by atoms with Crippen molar-refractivity contribution in [1.82, 2.24) is 4.98 Å². The van der Waals surface area contributed by atoms with Crippen LogP contribution in [0.2, 0.25) is 0 Å². The predicted molar refractivity (Wildman–Crippen MR) is 179 cm³/mol. The number of hydrogen-bond acceptors (Lipinski definition) is 8. The second-order valence-corrected chi connectivity index (χ2v) is 11.2. The minimum atomic E-state index is -0.972. The van der Waals surface area contributed by atoms with Crippen LogP contribution in [0.4, 0.5) is 21.9 Å². The normalized spacial score (nSPS) is 15.4. The third-order valence-corrected chi connectivity index (χ3v) is 8.94. The minimum absolute atomic E-state index is 0.0468. The molecule has 242 valence electrons. The summed E-state index contributed by atoms with van der Waals surface area (Å²) in [6, 6.07) is 18.9. The SMILES string of the molecule is CCOC(=O)Nc1cc2c(c3ccccc13)C(CCl)(c1ccc([N+](=O)[O-])cc1)CN2C(=O)c1cc2cc(OC)c(OC)c(OC)c2[nH]1. The summed E-state index contributed by atoms with van der Waals surface area (Å²) in [7, 11) is 4.51. The number of rotatable bonds is 9. The van der Waals surface area contributed by atoms with E-state index in [1.807, 2.05) is 24.3 Å². The van der Waals surface area contributed by atoms with Gasteiger partial charge in [-0.2, -0.15) is 0 Å². The number of carbonyl (C=O) groups excluding carboxylic acids is 2. The Labute approximate surface area is 274 Å². The quantitative estimate of drug-likeness (QED) is 0.0977. The molecule has 1 unspecified atom stereocenters. The molecule has 12 nitrogen and oxygen atoms in total. The van der Waals surface area contributed by atoms with Gasteiger partial charge in [0.25, 0.3) is 11.6 Å². The molecule has 0 spiro atoms. The molecule has 1 aromatic heterocycles. The average molecular weight is 659 g/mol. The topological polar surface area (TPSA) is 145 Å². The van der Waals surface area contributed by atoms with Crippen LogP contribution in [0.5, 0.6) is 17.2 Å². The third kappa shape index (κ3) is 5.10. The van der Waals surface area contributed by atoms with Gasteiger partial charge in [-0.05, 0) is 41.6 Å². The first-order chi connectivity index (χ1) is 22.7. The van der Waals surface area contributed by atoms with Gasteiger partial charge in [0.15, 0.2) is 11.5 Å². The number of non-ortho nitro benzene ring substituents is 1. The summed E-state index contributed by atoms with van der Waals surface area (Å²) < 4.78 is 21.8. The van der Waals surface area contributed by atoms with Crippen molar-refractivity contribution >= 4 is 62.3 Å². The Morgan fingerprint density at radius 1 is 1.00 bits per heavy atom. The van der Waals surface area contributed by atoms with E-state index in [0.29, 0.717) is 50.5 Å². The largest absolute Gasteiger partial charge is 0.493 e. The van der Waals surface area contributed by atoms with Crippen molar-refractivity contribution in [2.45, 2.75) is 12.3 Å². The highest BCUT2D eigenvalue weighted by molar-refractivity contribution is 6.21. The van der Waals surface area contributed by atoms with Crippen LogP contribution < -0.4 is 24.4 Å². The zero-order valence-corrected chi connectivity index (χ0v) is 26.8. The van der Waals surface area contributed by atoms with Crippen LogP contribution in [0.1, 0.15) is 28.5 Å². The van der Waals surface area contributed by atoms with Crippen molar-refractivity contribution in [2.75, 3.05) is 50.6 Å². The van der Waals surface area contributed by atoms with Gasteiger partial charge in [-0.3, -0.25) is 20.2 Å². The summed E-state index contributed by atoms with van der Waals surface area (Å²) in [5.41, 5.74) is 2.14. The Morgan fingerprint density at radius 3 is 2.32 bits per heavy atom. The van der Waals surface area contributed by atoms with Crippen molar-refractivity contribution in [2.24, 2.45) is 0 Å². The molecule has 6 rings (SSSR count). The Balaban J connectivity index is 1.58. The maximum atomic E-state index is 14.6. The van der Waals surface area contributed by atoms with E-state index in [0.717, 1.165) is 10.9 Å². The van der Waals surface area contributed by atoms with Gasteiger partial charge in [-0.1, -0.05) is 36.4 Å². The van der Waals surface area contributed by atoms with Crippen molar-refractivity contribution in [3.63, 3.8) is 0 Å². The summed E-state index contributed by atoms with van der Waals surface area (Å²) in [6.07, 6.45) is -0.641. The van der Waals surface area contributed by atoms with E-state index in [9.17, 15) is 19.7 Å². The van der Waals surface area contributed by atoms with E-state index in [1.54, 1.807) is 42.2 Å². The molecule has 1 aliphatic heterocycles. The van der Waals surface area contributed by atoms with Crippen LogP contribution in [-0.2, 0) is 10.2 Å². The van der Waals surface area contributed by atoms with Crippen molar-refractivity contribution in [3.8, 4) is 17.2 Å². The molecule has 0 bridgehead atoms. The number of nitrogens with zero attached hydrogens (tertiary/aromatic N) is 2. The zero-order valence-electron chi connectivity index (χ0n) is 26.0. The lowest BCUT2D eigenvalue weighted by molar-refractivity contribution is -0.384. The number of fused-ring (bicyclic) bond motifs is 4. The summed E-state index contributed by atoms with van der Waals surface area (Å²) >= 11 is 6.87. The van der Waals surface area contributed by atoms with Crippen LogP contribution in [0.3, 0.4) is 0 Å². The van der Waals surface area contributed by atoms with Crippen LogP contribution in [0.25, 0.3) is 21.7 Å². The van der Waals surface area contributed by atoms with E-state index in [4.69, 9.17) is 30.5 Å². The lowest BCUT2D eigenvalue weighted by Gasteiger charge is -2.29. The van der Waals surface area contributed by atoms with Crippen molar-refractivity contribution in [1.29, 1.82) is 0 Å². The van der Waals surface area contributed by atoms with Gasteiger partial charge in [0, 0.05) is 35.3 Å². The number of aromatic amines is 1. The van der Waals surface area contributed by atoms with Crippen LogP contribution >= 0.6 is 11.6 Å². The number of hydrogen-bond donors (Lipinski definition) is 2. The van der Waals surface area contributed by atoms with Gasteiger partial charge in [0.1, 0.15) is 5.69 Å². The predicted octanol–water partition coefficient (Wildman–Crippen LogP) is 7.01. The first-order valence-electron chi connectivity index (χ1n) is 14.7. The molecule has 0 aliphatic carbocycles. The molecular weight excluding hydrogens is 628 g/mol. The van der Waals surface area contributed by atoms with Gasteiger partial charge >= 0.3 is 6.09 Å². The lowest BCUT2D eigenvalue weighted by atomic mass is 9.75. The monoisotopic (exact) mass is 658 g/mol. The fourth-order valence-electron chi connectivity index (χ4n) is 6.40.